The Morgan fingerprint density at radius 2 is 1.76 bits per heavy atom. The van der Waals surface area contributed by atoms with Crippen LogP contribution in [0.15, 0.2) is 59.1 Å². The largest absolute Gasteiger partial charge is 0.497 e. The molecule has 1 aliphatic heterocycles. The molecule has 0 N–H and O–H groups in total. The molecular weight excluding hydrogens is 425 g/mol. The van der Waals surface area contributed by atoms with Gasteiger partial charge in [-0.05, 0) is 42.7 Å². The third-order valence-electron chi connectivity index (χ3n) is 5.79. The molecular formula is C25H26FN3O4. The van der Waals surface area contributed by atoms with Crippen molar-refractivity contribution in [2.75, 3.05) is 33.3 Å². The smallest absolute Gasteiger partial charge is 0.276 e. The number of hydrogen-bond donors (Lipinski definition) is 0. The number of carbonyl (C=O) groups is 2. The Morgan fingerprint density at radius 3 is 2.52 bits per heavy atom. The lowest BCUT2D eigenvalue weighted by Crippen LogP contribution is -2.37. The number of halogens is 1. The van der Waals surface area contributed by atoms with Gasteiger partial charge in [-0.1, -0.05) is 29.4 Å². The van der Waals surface area contributed by atoms with Gasteiger partial charge in [0.05, 0.1) is 12.7 Å². The van der Waals surface area contributed by atoms with Crippen molar-refractivity contribution in [1.29, 1.82) is 0 Å². The van der Waals surface area contributed by atoms with Gasteiger partial charge in [0.1, 0.15) is 11.6 Å². The molecule has 7 nitrogen and oxygen atoms in total. The van der Waals surface area contributed by atoms with Crippen LogP contribution in [0.5, 0.6) is 5.75 Å². The van der Waals surface area contributed by atoms with Gasteiger partial charge in [0.2, 0.25) is 5.91 Å². The molecule has 0 saturated carbocycles. The molecule has 2 amide bonds. The fourth-order valence-electron chi connectivity index (χ4n) is 3.90. The number of amides is 2. The minimum atomic E-state index is -0.439. The highest BCUT2D eigenvalue weighted by molar-refractivity contribution is 5.93. The van der Waals surface area contributed by atoms with Crippen molar-refractivity contribution in [3.05, 3.63) is 71.7 Å². The lowest BCUT2D eigenvalue weighted by molar-refractivity contribution is -0.131. The zero-order valence-corrected chi connectivity index (χ0v) is 18.5. The van der Waals surface area contributed by atoms with Crippen molar-refractivity contribution < 1.29 is 23.2 Å². The van der Waals surface area contributed by atoms with E-state index in [2.05, 4.69) is 5.16 Å². The summed E-state index contributed by atoms with van der Waals surface area (Å²) in [5.74, 6) is 0.348. The zero-order chi connectivity index (χ0) is 23.2. The van der Waals surface area contributed by atoms with Gasteiger partial charge in [-0.2, -0.15) is 0 Å². The first-order valence-corrected chi connectivity index (χ1v) is 11.0. The average molecular weight is 451 g/mol. The molecule has 4 rings (SSSR count). The van der Waals surface area contributed by atoms with Gasteiger partial charge in [0.25, 0.3) is 5.91 Å². The molecule has 3 aromatic rings. The highest BCUT2D eigenvalue weighted by atomic mass is 19.1. The Kier molecular flexibility index (Phi) is 7.02. The second kappa shape index (κ2) is 10.3. The van der Waals surface area contributed by atoms with Crippen molar-refractivity contribution >= 4 is 11.8 Å². The van der Waals surface area contributed by atoms with Gasteiger partial charge in [0.15, 0.2) is 11.5 Å². The molecule has 0 bridgehead atoms. The van der Waals surface area contributed by atoms with Crippen molar-refractivity contribution in [3.8, 4) is 17.1 Å². The molecule has 1 saturated heterocycles. The molecule has 0 aliphatic carbocycles. The summed E-state index contributed by atoms with van der Waals surface area (Å²) in [5.41, 5.74) is 1.47. The summed E-state index contributed by atoms with van der Waals surface area (Å²) in [6.07, 6.45) is 1.74. The predicted octanol–water partition coefficient (Wildman–Crippen LogP) is 3.80. The number of ether oxygens (including phenoxy) is 1. The van der Waals surface area contributed by atoms with Crippen LogP contribution in [0, 0.1) is 5.82 Å². The lowest BCUT2D eigenvalue weighted by atomic mass is 10.1. The molecule has 172 valence electrons. The summed E-state index contributed by atoms with van der Waals surface area (Å²) in [7, 11) is 1.62. The van der Waals surface area contributed by atoms with Crippen LogP contribution >= 0.6 is 0 Å². The van der Waals surface area contributed by atoms with Crippen LogP contribution < -0.4 is 4.74 Å². The van der Waals surface area contributed by atoms with E-state index in [1.807, 2.05) is 29.2 Å². The number of aromatic nitrogens is 1. The van der Waals surface area contributed by atoms with Gasteiger partial charge in [-0.25, -0.2) is 4.39 Å². The van der Waals surface area contributed by atoms with E-state index in [0.717, 1.165) is 11.3 Å². The summed E-state index contributed by atoms with van der Waals surface area (Å²) in [4.78, 5) is 29.1. The van der Waals surface area contributed by atoms with Crippen LogP contribution in [-0.2, 0) is 11.2 Å². The standard InChI is InChI=1S/C25H26FN3O4/c1-32-19-10-7-18(8-11-19)9-12-24(30)28-13-4-14-29(16-15-28)25(31)22-17-23(33-27-22)20-5-2-3-6-21(20)26/h2-3,5-8,10-11,17H,4,9,12-16H2,1H3. The van der Waals surface area contributed by atoms with E-state index in [9.17, 15) is 14.0 Å². The molecule has 1 fully saturated rings. The molecule has 0 spiro atoms. The molecule has 8 heteroatoms. The predicted molar refractivity (Wildman–Crippen MR) is 120 cm³/mol. The maximum absolute atomic E-state index is 14.0. The number of hydrogen-bond acceptors (Lipinski definition) is 5. The Labute approximate surface area is 191 Å². The minimum Gasteiger partial charge on any atom is -0.497 e. The lowest BCUT2D eigenvalue weighted by Gasteiger charge is -2.21. The highest BCUT2D eigenvalue weighted by Gasteiger charge is 2.25. The molecule has 0 radical (unpaired) electrons. The monoisotopic (exact) mass is 451 g/mol. The molecule has 1 aromatic heterocycles. The number of methoxy groups -OCH3 is 1. The maximum Gasteiger partial charge on any atom is 0.276 e. The topological polar surface area (TPSA) is 75.9 Å². The number of rotatable bonds is 6. The van der Waals surface area contributed by atoms with Gasteiger partial charge >= 0.3 is 0 Å². The van der Waals surface area contributed by atoms with Crippen LogP contribution in [0.1, 0.15) is 28.9 Å². The molecule has 2 aromatic carbocycles. The Balaban J connectivity index is 1.32. The summed E-state index contributed by atoms with van der Waals surface area (Å²) >= 11 is 0. The van der Waals surface area contributed by atoms with Crippen LogP contribution in [0.3, 0.4) is 0 Å². The normalized spacial score (nSPS) is 14.1. The Bertz CT molecular complexity index is 1110. The maximum atomic E-state index is 14.0. The Morgan fingerprint density at radius 1 is 1.03 bits per heavy atom. The SMILES string of the molecule is COc1ccc(CCC(=O)N2CCCN(C(=O)c3cc(-c4ccccc4F)on3)CC2)cc1. The number of carbonyl (C=O) groups excluding carboxylic acids is 2. The quantitative estimate of drug-likeness (QED) is 0.570. The molecule has 0 atom stereocenters. The van der Waals surface area contributed by atoms with Crippen molar-refractivity contribution in [1.82, 2.24) is 15.0 Å². The highest BCUT2D eigenvalue weighted by Crippen LogP contribution is 2.24. The van der Waals surface area contributed by atoms with E-state index in [0.29, 0.717) is 45.4 Å². The van der Waals surface area contributed by atoms with Gasteiger partial charge < -0.3 is 19.1 Å². The van der Waals surface area contributed by atoms with Gasteiger partial charge in [0, 0.05) is 38.7 Å². The van der Waals surface area contributed by atoms with E-state index in [4.69, 9.17) is 9.26 Å². The third kappa shape index (κ3) is 5.39. The molecule has 0 unspecified atom stereocenters. The second-order valence-corrected chi connectivity index (χ2v) is 7.93. The first kappa shape index (κ1) is 22.5. The van der Waals surface area contributed by atoms with E-state index >= 15 is 0 Å². The number of aryl methyl sites for hydroxylation is 1. The van der Waals surface area contributed by atoms with Crippen LogP contribution in [0.2, 0.25) is 0 Å². The van der Waals surface area contributed by atoms with Crippen molar-refractivity contribution in [2.24, 2.45) is 0 Å². The minimum absolute atomic E-state index is 0.0726. The fraction of sp³-hybridized carbons (Fsp3) is 0.320. The summed E-state index contributed by atoms with van der Waals surface area (Å²) in [5, 5.41) is 3.85. The number of nitrogens with zero attached hydrogens (tertiary/aromatic N) is 3. The van der Waals surface area contributed by atoms with Crippen molar-refractivity contribution in [2.45, 2.75) is 19.3 Å². The fourth-order valence-corrected chi connectivity index (χ4v) is 3.90. The summed E-state index contributed by atoms with van der Waals surface area (Å²) in [6.45, 7) is 1.99. The zero-order valence-electron chi connectivity index (χ0n) is 18.5. The van der Waals surface area contributed by atoms with Crippen LogP contribution in [0.25, 0.3) is 11.3 Å². The van der Waals surface area contributed by atoms with Crippen LogP contribution in [0.4, 0.5) is 4.39 Å². The summed E-state index contributed by atoms with van der Waals surface area (Å²) in [6, 6.07) is 15.3. The van der Waals surface area contributed by atoms with Crippen LogP contribution in [-0.4, -0.2) is 60.1 Å². The number of benzene rings is 2. The third-order valence-corrected chi connectivity index (χ3v) is 5.79. The molecule has 33 heavy (non-hydrogen) atoms. The summed E-state index contributed by atoms with van der Waals surface area (Å²) < 4.78 is 24.4. The van der Waals surface area contributed by atoms with Gasteiger partial charge in [-0.3, -0.25) is 9.59 Å². The first-order valence-electron chi connectivity index (χ1n) is 11.0. The van der Waals surface area contributed by atoms with E-state index < -0.39 is 5.82 Å². The van der Waals surface area contributed by atoms with Crippen molar-refractivity contribution in [3.63, 3.8) is 0 Å². The second-order valence-electron chi connectivity index (χ2n) is 7.93. The first-order chi connectivity index (χ1) is 16.0. The van der Waals surface area contributed by atoms with E-state index in [1.54, 1.807) is 30.2 Å². The average Bonchev–Trinajstić information content (AvgIpc) is 3.20. The molecule has 2 heterocycles. The Hall–Kier alpha value is -3.68. The molecule has 1 aliphatic rings. The van der Waals surface area contributed by atoms with Gasteiger partial charge in [-0.15, -0.1) is 0 Å². The van der Waals surface area contributed by atoms with E-state index in [1.165, 1.54) is 12.1 Å². The van der Waals surface area contributed by atoms with E-state index in [-0.39, 0.29) is 28.8 Å².